The standard InChI is InChI=1S/C13H26N4O/c1-3-4-15-13(18)11(2)16-5-7-17(8-6-16)12-9-14-10-12/h11-12,14H,3-10H2,1-2H3,(H,15,18). The van der Waals surface area contributed by atoms with Crippen LogP contribution in [0.25, 0.3) is 0 Å². The molecule has 2 rings (SSSR count). The minimum absolute atomic E-state index is 0.0122. The maximum atomic E-state index is 11.9. The Balaban J connectivity index is 1.72. The summed E-state index contributed by atoms with van der Waals surface area (Å²) < 4.78 is 0. The molecule has 0 aromatic heterocycles. The Morgan fingerprint density at radius 1 is 1.33 bits per heavy atom. The largest absolute Gasteiger partial charge is 0.355 e. The molecular formula is C13H26N4O. The molecule has 0 aromatic rings. The van der Waals surface area contributed by atoms with Crippen molar-refractivity contribution in [2.75, 3.05) is 45.8 Å². The van der Waals surface area contributed by atoms with Gasteiger partial charge in [-0.2, -0.15) is 0 Å². The minimum atomic E-state index is 0.0122. The van der Waals surface area contributed by atoms with Crippen LogP contribution in [0.15, 0.2) is 0 Å². The van der Waals surface area contributed by atoms with Gasteiger partial charge in [0.15, 0.2) is 0 Å². The Labute approximate surface area is 110 Å². The number of hydrogen-bond acceptors (Lipinski definition) is 4. The fraction of sp³-hybridized carbons (Fsp3) is 0.923. The highest BCUT2D eigenvalue weighted by molar-refractivity contribution is 5.81. The van der Waals surface area contributed by atoms with Gasteiger partial charge in [0.2, 0.25) is 5.91 Å². The second kappa shape index (κ2) is 6.50. The molecule has 1 amide bonds. The molecule has 2 aliphatic rings. The summed E-state index contributed by atoms with van der Waals surface area (Å²) in [4.78, 5) is 16.8. The smallest absolute Gasteiger partial charge is 0.237 e. The third-order valence-electron chi connectivity index (χ3n) is 4.10. The van der Waals surface area contributed by atoms with E-state index in [1.165, 1.54) is 0 Å². The maximum absolute atomic E-state index is 11.9. The van der Waals surface area contributed by atoms with Gasteiger partial charge in [-0.1, -0.05) is 6.92 Å². The maximum Gasteiger partial charge on any atom is 0.237 e. The predicted molar refractivity (Wildman–Crippen MR) is 72.6 cm³/mol. The van der Waals surface area contributed by atoms with Crippen LogP contribution in [-0.2, 0) is 4.79 Å². The van der Waals surface area contributed by atoms with E-state index in [0.717, 1.165) is 58.3 Å². The van der Waals surface area contributed by atoms with Gasteiger partial charge in [-0.3, -0.25) is 14.6 Å². The molecule has 2 aliphatic heterocycles. The highest BCUT2D eigenvalue weighted by Crippen LogP contribution is 2.11. The molecule has 0 radical (unpaired) electrons. The number of nitrogens with one attached hydrogen (secondary N) is 2. The molecule has 0 spiro atoms. The summed E-state index contributed by atoms with van der Waals surface area (Å²) in [7, 11) is 0. The molecule has 104 valence electrons. The monoisotopic (exact) mass is 254 g/mol. The quantitative estimate of drug-likeness (QED) is 0.694. The molecular weight excluding hydrogens is 228 g/mol. The third kappa shape index (κ3) is 3.22. The highest BCUT2D eigenvalue weighted by atomic mass is 16.2. The van der Waals surface area contributed by atoms with Crippen LogP contribution < -0.4 is 10.6 Å². The summed E-state index contributed by atoms with van der Waals surface area (Å²) in [6, 6.07) is 0.745. The first kappa shape index (κ1) is 13.8. The van der Waals surface area contributed by atoms with Crippen molar-refractivity contribution in [1.82, 2.24) is 20.4 Å². The average Bonchev–Trinajstić information content (AvgIpc) is 2.34. The lowest BCUT2D eigenvalue weighted by Crippen LogP contribution is -2.63. The van der Waals surface area contributed by atoms with E-state index in [2.05, 4.69) is 27.4 Å². The van der Waals surface area contributed by atoms with Crippen molar-refractivity contribution in [1.29, 1.82) is 0 Å². The number of amides is 1. The van der Waals surface area contributed by atoms with Crippen molar-refractivity contribution >= 4 is 5.91 Å². The lowest BCUT2D eigenvalue weighted by Gasteiger charge is -2.44. The number of piperazine rings is 1. The van der Waals surface area contributed by atoms with Gasteiger partial charge in [-0.05, 0) is 13.3 Å². The van der Waals surface area contributed by atoms with Gasteiger partial charge in [0.05, 0.1) is 6.04 Å². The van der Waals surface area contributed by atoms with Gasteiger partial charge in [-0.25, -0.2) is 0 Å². The van der Waals surface area contributed by atoms with Gasteiger partial charge in [-0.15, -0.1) is 0 Å². The van der Waals surface area contributed by atoms with E-state index in [-0.39, 0.29) is 11.9 Å². The van der Waals surface area contributed by atoms with Gasteiger partial charge in [0, 0.05) is 51.9 Å². The molecule has 0 bridgehead atoms. The number of nitrogens with zero attached hydrogens (tertiary/aromatic N) is 2. The van der Waals surface area contributed by atoms with Crippen LogP contribution in [-0.4, -0.2) is 73.6 Å². The Kier molecular flexibility index (Phi) is 4.97. The number of rotatable bonds is 5. The molecule has 2 fully saturated rings. The first-order chi connectivity index (χ1) is 8.72. The van der Waals surface area contributed by atoms with Crippen LogP contribution in [0, 0.1) is 0 Å². The van der Waals surface area contributed by atoms with Crippen LogP contribution in [0.2, 0.25) is 0 Å². The molecule has 5 heteroatoms. The molecule has 5 nitrogen and oxygen atoms in total. The summed E-state index contributed by atoms with van der Waals surface area (Å²) >= 11 is 0. The van der Waals surface area contributed by atoms with Gasteiger partial charge in [0.1, 0.15) is 0 Å². The Morgan fingerprint density at radius 3 is 2.50 bits per heavy atom. The zero-order valence-electron chi connectivity index (χ0n) is 11.6. The molecule has 2 N–H and O–H groups in total. The third-order valence-corrected chi connectivity index (χ3v) is 4.10. The number of hydrogen-bond donors (Lipinski definition) is 2. The summed E-state index contributed by atoms with van der Waals surface area (Å²) in [6.45, 7) is 11.4. The SMILES string of the molecule is CCCNC(=O)C(C)N1CCN(C2CNC2)CC1. The lowest BCUT2D eigenvalue weighted by atomic mass is 10.1. The van der Waals surface area contributed by atoms with Gasteiger partial charge >= 0.3 is 0 Å². The number of carbonyl (C=O) groups excluding carboxylic acids is 1. The van der Waals surface area contributed by atoms with Crippen LogP contribution in [0.3, 0.4) is 0 Å². The van der Waals surface area contributed by atoms with Crippen LogP contribution in [0.4, 0.5) is 0 Å². The summed E-state index contributed by atoms with van der Waals surface area (Å²) in [5.74, 6) is 0.176. The normalized spacial score (nSPS) is 24.6. The van der Waals surface area contributed by atoms with Crippen molar-refractivity contribution in [3.63, 3.8) is 0 Å². The van der Waals surface area contributed by atoms with Crippen LogP contribution >= 0.6 is 0 Å². The van der Waals surface area contributed by atoms with Crippen molar-refractivity contribution in [2.45, 2.75) is 32.4 Å². The predicted octanol–water partition coefficient (Wildman–Crippen LogP) is -0.509. The fourth-order valence-electron chi connectivity index (χ4n) is 2.58. The van der Waals surface area contributed by atoms with E-state index in [1.54, 1.807) is 0 Å². The van der Waals surface area contributed by atoms with E-state index in [9.17, 15) is 4.79 Å². The lowest BCUT2D eigenvalue weighted by molar-refractivity contribution is -0.126. The average molecular weight is 254 g/mol. The van der Waals surface area contributed by atoms with Crippen molar-refractivity contribution in [2.24, 2.45) is 0 Å². The zero-order valence-corrected chi connectivity index (χ0v) is 11.6. The zero-order chi connectivity index (χ0) is 13.0. The second-order valence-electron chi connectivity index (χ2n) is 5.35. The minimum Gasteiger partial charge on any atom is -0.355 e. The number of carbonyl (C=O) groups is 1. The van der Waals surface area contributed by atoms with E-state index in [0.29, 0.717) is 0 Å². The summed E-state index contributed by atoms with van der Waals surface area (Å²) in [5.41, 5.74) is 0. The Hall–Kier alpha value is -0.650. The first-order valence-electron chi connectivity index (χ1n) is 7.19. The molecule has 1 atom stereocenters. The summed E-state index contributed by atoms with van der Waals surface area (Å²) in [6.07, 6.45) is 1.00. The molecule has 0 aromatic carbocycles. The topological polar surface area (TPSA) is 47.6 Å². The van der Waals surface area contributed by atoms with Crippen LogP contribution in [0.5, 0.6) is 0 Å². The van der Waals surface area contributed by atoms with E-state index in [4.69, 9.17) is 0 Å². The Morgan fingerprint density at radius 2 is 2.00 bits per heavy atom. The molecule has 2 saturated heterocycles. The van der Waals surface area contributed by atoms with E-state index in [1.807, 2.05) is 6.92 Å². The first-order valence-corrected chi connectivity index (χ1v) is 7.19. The highest BCUT2D eigenvalue weighted by Gasteiger charge is 2.30. The van der Waals surface area contributed by atoms with Crippen molar-refractivity contribution < 1.29 is 4.79 Å². The summed E-state index contributed by atoms with van der Waals surface area (Å²) in [5, 5.41) is 6.30. The second-order valence-corrected chi connectivity index (χ2v) is 5.35. The molecule has 18 heavy (non-hydrogen) atoms. The van der Waals surface area contributed by atoms with E-state index >= 15 is 0 Å². The molecule has 2 heterocycles. The molecule has 1 unspecified atom stereocenters. The van der Waals surface area contributed by atoms with Gasteiger partial charge < -0.3 is 10.6 Å². The van der Waals surface area contributed by atoms with Gasteiger partial charge in [0.25, 0.3) is 0 Å². The van der Waals surface area contributed by atoms with E-state index < -0.39 is 0 Å². The van der Waals surface area contributed by atoms with Crippen LogP contribution in [0.1, 0.15) is 20.3 Å². The van der Waals surface area contributed by atoms with Crippen molar-refractivity contribution in [3.05, 3.63) is 0 Å². The fourth-order valence-corrected chi connectivity index (χ4v) is 2.58. The molecule has 0 aliphatic carbocycles. The molecule has 0 saturated carbocycles. The Bertz CT molecular complexity index is 272. The van der Waals surface area contributed by atoms with Crippen molar-refractivity contribution in [3.8, 4) is 0 Å².